The Hall–Kier alpha value is -3.25. The SMILES string of the molecule is Cc1nc(C(F)(F)F)n2c1CN(C(=O)C[C@@H](Cc1cc(F)c(F)cc1F)NC(=O)OC(C)(C)C)CC2. The second-order valence-corrected chi connectivity index (χ2v) is 9.54. The van der Waals surface area contributed by atoms with Gasteiger partial charge in [-0.2, -0.15) is 13.2 Å². The molecule has 1 N–H and O–H groups in total. The maximum Gasteiger partial charge on any atom is 0.449 e. The lowest BCUT2D eigenvalue weighted by Crippen LogP contribution is -2.45. The van der Waals surface area contributed by atoms with Crippen LogP contribution in [0.25, 0.3) is 0 Å². The molecule has 1 aliphatic heterocycles. The van der Waals surface area contributed by atoms with Crippen LogP contribution in [0.4, 0.5) is 31.1 Å². The highest BCUT2D eigenvalue weighted by molar-refractivity contribution is 5.78. The summed E-state index contributed by atoms with van der Waals surface area (Å²) in [7, 11) is 0. The number of halogens is 6. The number of hydrogen-bond acceptors (Lipinski definition) is 4. The summed E-state index contributed by atoms with van der Waals surface area (Å²) in [5.41, 5.74) is -0.798. The molecule has 0 fully saturated rings. The van der Waals surface area contributed by atoms with Crippen molar-refractivity contribution in [2.24, 2.45) is 0 Å². The summed E-state index contributed by atoms with van der Waals surface area (Å²) in [6, 6.07) is -0.0742. The number of alkyl halides is 3. The number of aromatic nitrogens is 2. The maximum atomic E-state index is 14.3. The van der Waals surface area contributed by atoms with Gasteiger partial charge in [0, 0.05) is 31.6 Å². The molecule has 2 heterocycles. The zero-order valence-corrected chi connectivity index (χ0v) is 20.1. The number of fused-ring (bicyclic) bond motifs is 1. The van der Waals surface area contributed by atoms with Crippen LogP contribution in [0.5, 0.6) is 0 Å². The molecule has 1 aromatic heterocycles. The van der Waals surface area contributed by atoms with E-state index in [9.17, 15) is 35.9 Å². The molecular weight excluding hydrogens is 494 g/mol. The highest BCUT2D eigenvalue weighted by Crippen LogP contribution is 2.32. The minimum absolute atomic E-state index is 0.0522. The minimum Gasteiger partial charge on any atom is -0.444 e. The number of nitrogens with one attached hydrogen (secondary N) is 1. The second kappa shape index (κ2) is 10.0. The number of imidazole rings is 1. The number of aryl methyl sites for hydroxylation is 1. The van der Waals surface area contributed by atoms with Crippen molar-refractivity contribution in [3.05, 3.63) is 52.4 Å². The Morgan fingerprint density at radius 2 is 1.72 bits per heavy atom. The average Bonchev–Trinajstić information content (AvgIpc) is 3.07. The smallest absolute Gasteiger partial charge is 0.444 e. The first-order chi connectivity index (χ1) is 16.5. The third-order valence-corrected chi connectivity index (χ3v) is 5.51. The number of amides is 2. The van der Waals surface area contributed by atoms with E-state index in [1.807, 2.05) is 0 Å². The molecule has 36 heavy (non-hydrogen) atoms. The van der Waals surface area contributed by atoms with Crippen LogP contribution < -0.4 is 5.32 Å². The molecule has 1 aliphatic rings. The number of rotatable bonds is 5. The van der Waals surface area contributed by atoms with Crippen molar-refractivity contribution in [3.8, 4) is 0 Å². The molecule has 2 amide bonds. The van der Waals surface area contributed by atoms with Gasteiger partial charge >= 0.3 is 12.3 Å². The molecule has 13 heteroatoms. The van der Waals surface area contributed by atoms with E-state index in [0.29, 0.717) is 12.1 Å². The molecule has 0 saturated carbocycles. The van der Waals surface area contributed by atoms with Crippen molar-refractivity contribution in [2.45, 2.75) is 71.4 Å². The van der Waals surface area contributed by atoms with Crippen molar-refractivity contribution < 1.29 is 40.7 Å². The third-order valence-electron chi connectivity index (χ3n) is 5.51. The summed E-state index contributed by atoms with van der Waals surface area (Å²) in [4.78, 5) is 30.3. The van der Waals surface area contributed by atoms with E-state index in [1.165, 1.54) is 11.8 Å². The van der Waals surface area contributed by atoms with Gasteiger partial charge in [-0.15, -0.1) is 0 Å². The Labute approximate surface area is 203 Å². The van der Waals surface area contributed by atoms with E-state index in [2.05, 4.69) is 10.3 Å². The van der Waals surface area contributed by atoms with Crippen molar-refractivity contribution in [2.75, 3.05) is 6.54 Å². The lowest BCUT2D eigenvalue weighted by atomic mass is 10.0. The Bertz CT molecular complexity index is 1160. The van der Waals surface area contributed by atoms with Gasteiger partial charge in [0.2, 0.25) is 11.7 Å². The van der Waals surface area contributed by atoms with Crippen molar-refractivity contribution in [1.82, 2.24) is 19.8 Å². The summed E-state index contributed by atoms with van der Waals surface area (Å²) >= 11 is 0. The molecule has 7 nitrogen and oxygen atoms in total. The third kappa shape index (κ3) is 6.49. The first kappa shape index (κ1) is 27.3. The zero-order valence-electron chi connectivity index (χ0n) is 20.1. The number of nitrogens with zero attached hydrogens (tertiary/aromatic N) is 3. The molecule has 1 atom stereocenters. The summed E-state index contributed by atoms with van der Waals surface area (Å²) in [6.45, 7) is 5.89. The highest BCUT2D eigenvalue weighted by Gasteiger charge is 2.40. The van der Waals surface area contributed by atoms with E-state index < -0.39 is 59.5 Å². The molecule has 1 aromatic carbocycles. The van der Waals surface area contributed by atoms with Gasteiger partial charge in [-0.25, -0.2) is 22.9 Å². The minimum atomic E-state index is -4.65. The summed E-state index contributed by atoms with van der Waals surface area (Å²) in [6.07, 6.45) is -6.31. The number of ether oxygens (including phenoxy) is 1. The normalized spacial score (nSPS) is 14.9. The van der Waals surface area contributed by atoms with Crippen LogP contribution in [0.15, 0.2) is 12.1 Å². The topological polar surface area (TPSA) is 76.5 Å². The molecule has 0 bridgehead atoms. The molecule has 0 spiro atoms. The van der Waals surface area contributed by atoms with Gasteiger partial charge in [-0.1, -0.05) is 0 Å². The largest absolute Gasteiger partial charge is 0.449 e. The maximum absolute atomic E-state index is 14.3. The van der Waals surface area contributed by atoms with Crippen LogP contribution in [0.2, 0.25) is 0 Å². The number of hydrogen-bond donors (Lipinski definition) is 1. The molecular formula is C23H26F6N4O3. The molecule has 3 rings (SSSR count). The quantitative estimate of drug-likeness (QED) is 0.466. The molecule has 0 aliphatic carbocycles. The Balaban J connectivity index is 1.79. The number of carbonyl (C=O) groups is 2. The van der Waals surface area contributed by atoms with Crippen LogP contribution >= 0.6 is 0 Å². The van der Waals surface area contributed by atoms with Gasteiger partial charge in [0.1, 0.15) is 11.4 Å². The van der Waals surface area contributed by atoms with Gasteiger partial charge in [-0.3, -0.25) is 4.79 Å². The van der Waals surface area contributed by atoms with E-state index >= 15 is 0 Å². The van der Waals surface area contributed by atoms with Crippen molar-refractivity contribution in [1.29, 1.82) is 0 Å². The summed E-state index contributed by atoms with van der Waals surface area (Å²) in [5.74, 6) is -5.33. The molecule has 198 valence electrons. The van der Waals surface area contributed by atoms with Crippen LogP contribution in [-0.4, -0.2) is 44.6 Å². The molecule has 0 saturated heterocycles. The van der Waals surface area contributed by atoms with Gasteiger partial charge < -0.3 is 19.5 Å². The standard InChI is InChI=1S/C23H26F6N4O3/c1-12-18-11-32(5-6-33(18)20(30-12)23(27,28)29)19(34)9-14(31-21(35)36-22(2,3)4)7-13-8-16(25)17(26)10-15(13)24/h8,10,14H,5-7,9,11H2,1-4H3,(H,31,35)/t14-/m1/s1. The van der Waals surface area contributed by atoms with Gasteiger partial charge in [0.05, 0.1) is 17.9 Å². The van der Waals surface area contributed by atoms with Crippen LogP contribution in [0.1, 0.15) is 50.0 Å². The molecule has 2 aromatic rings. The van der Waals surface area contributed by atoms with E-state index in [-0.39, 0.29) is 43.0 Å². The predicted molar refractivity (Wildman–Crippen MR) is 115 cm³/mol. The fourth-order valence-corrected chi connectivity index (χ4v) is 3.93. The van der Waals surface area contributed by atoms with Gasteiger partial charge in [0.25, 0.3) is 0 Å². The number of benzene rings is 1. The number of alkyl carbamates (subject to hydrolysis) is 1. The lowest BCUT2D eigenvalue weighted by Gasteiger charge is -2.31. The van der Waals surface area contributed by atoms with E-state index in [4.69, 9.17) is 4.74 Å². The fourth-order valence-electron chi connectivity index (χ4n) is 3.93. The van der Waals surface area contributed by atoms with Crippen molar-refractivity contribution in [3.63, 3.8) is 0 Å². The molecule has 0 unspecified atom stereocenters. The Morgan fingerprint density at radius 1 is 1.08 bits per heavy atom. The molecule has 0 radical (unpaired) electrons. The fraction of sp³-hybridized carbons (Fsp3) is 0.522. The predicted octanol–water partition coefficient (Wildman–Crippen LogP) is 4.50. The van der Waals surface area contributed by atoms with Gasteiger partial charge in [0.15, 0.2) is 11.6 Å². The average molecular weight is 520 g/mol. The van der Waals surface area contributed by atoms with Crippen LogP contribution in [0, 0.1) is 24.4 Å². The summed E-state index contributed by atoms with van der Waals surface area (Å²) in [5, 5.41) is 2.45. The lowest BCUT2D eigenvalue weighted by molar-refractivity contribution is -0.148. The Kier molecular flexibility index (Phi) is 7.61. The van der Waals surface area contributed by atoms with Gasteiger partial charge in [-0.05, 0) is 45.7 Å². The number of carbonyl (C=O) groups excluding carboxylic acids is 2. The van der Waals surface area contributed by atoms with E-state index in [1.54, 1.807) is 20.8 Å². The van der Waals surface area contributed by atoms with Crippen LogP contribution in [-0.2, 0) is 35.2 Å². The van der Waals surface area contributed by atoms with Crippen LogP contribution in [0.3, 0.4) is 0 Å². The van der Waals surface area contributed by atoms with Crippen molar-refractivity contribution >= 4 is 12.0 Å². The highest BCUT2D eigenvalue weighted by atomic mass is 19.4. The zero-order chi connectivity index (χ0) is 27.0. The monoisotopic (exact) mass is 520 g/mol. The first-order valence-electron chi connectivity index (χ1n) is 11.1. The van der Waals surface area contributed by atoms with E-state index in [0.717, 1.165) is 4.57 Å². The second-order valence-electron chi connectivity index (χ2n) is 9.54. The first-order valence-corrected chi connectivity index (χ1v) is 11.1. The summed E-state index contributed by atoms with van der Waals surface area (Å²) < 4.78 is 87.2. The Morgan fingerprint density at radius 3 is 2.33 bits per heavy atom.